The molecular formula is C66H42O6. The summed E-state index contributed by atoms with van der Waals surface area (Å²) in [6.07, 6.45) is 0. The Bertz CT molecular complexity index is 3290. The van der Waals surface area contributed by atoms with Crippen molar-refractivity contribution in [3.63, 3.8) is 0 Å². The van der Waals surface area contributed by atoms with Crippen LogP contribution in [0.1, 0.15) is 95.5 Å². The first kappa shape index (κ1) is 46.0. The molecule has 0 radical (unpaired) electrons. The van der Waals surface area contributed by atoms with Gasteiger partial charge in [-0.3, -0.25) is 28.8 Å². The number of hydrogen-bond acceptors (Lipinski definition) is 6. The van der Waals surface area contributed by atoms with E-state index >= 15 is 0 Å². The highest BCUT2D eigenvalue weighted by atomic mass is 16.1. The molecule has 10 aromatic rings. The Morgan fingerprint density at radius 2 is 0.333 bits per heavy atom. The lowest BCUT2D eigenvalue weighted by atomic mass is 9.91. The molecule has 342 valence electrons. The van der Waals surface area contributed by atoms with Gasteiger partial charge in [-0.05, 0) is 69.8 Å². The number of carbonyl (C=O) groups excluding carboxylic acids is 6. The van der Waals surface area contributed by atoms with Crippen LogP contribution in [-0.2, 0) is 0 Å². The Hall–Kier alpha value is -9.78. The van der Waals surface area contributed by atoms with Gasteiger partial charge in [-0.1, -0.05) is 218 Å². The van der Waals surface area contributed by atoms with Crippen molar-refractivity contribution in [2.24, 2.45) is 0 Å². The molecule has 0 spiro atoms. The minimum Gasteiger partial charge on any atom is -0.289 e. The monoisotopic (exact) mass is 930 g/mol. The molecule has 10 rings (SSSR count). The van der Waals surface area contributed by atoms with E-state index in [1.54, 1.807) is 182 Å². The number of rotatable bonds is 15. The van der Waals surface area contributed by atoms with Crippen molar-refractivity contribution >= 4 is 34.7 Å². The van der Waals surface area contributed by atoms with Crippen LogP contribution in [0.4, 0.5) is 0 Å². The fraction of sp³-hybridized carbons (Fsp3) is 0. The van der Waals surface area contributed by atoms with Crippen LogP contribution >= 0.6 is 0 Å². The van der Waals surface area contributed by atoms with Gasteiger partial charge in [-0.25, -0.2) is 0 Å². The van der Waals surface area contributed by atoms with Gasteiger partial charge >= 0.3 is 0 Å². The third-order valence-electron chi connectivity index (χ3n) is 12.6. The summed E-state index contributed by atoms with van der Waals surface area (Å²) in [6.45, 7) is 0. The van der Waals surface area contributed by atoms with E-state index in [0.717, 1.165) is 33.4 Å². The van der Waals surface area contributed by atoms with Crippen LogP contribution in [0, 0.1) is 0 Å². The first-order valence-corrected chi connectivity index (χ1v) is 23.4. The predicted octanol–water partition coefficient (Wildman–Crippen LogP) is 14.1. The van der Waals surface area contributed by atoms with E-state index in [9.17, 15) is 28.8 Å². The summed E-state index contributed by atoms with van der Waals surface area (Å²) >= 11 is 0. The smallest absolute Gasteiger partial charge is 0.193 e. The van der Waals surface area contributed by atoms with Gasteiger partial charge in [-0.15, -0.1) is 0 Å². The van der Waals surface area contributed by atoms with Crippen LogP contribution < -0.4 is 0 Å². The van der Waals surface area contributed by atoms with Crippen molar-refractivity contribution in [3.05, 3.63) is 322 Å². The molecule has 0 bridgehead atoms. The quantitative estimate of drug-likeness (QED) is 0.0949. The maximum absolute atomic E-state index is 13.8. The molecule has 0 aliphatic rings. The third-order valence-corrected chi connectivity index (χ3v) is 12.6. The van der Waals surface area contributed by atoms with Crippen LogP contribution in [-0.4, -0.2) is 34.7 Å². The van der Waals surface area contributed by atoms with Gasteiger partial charge in [-0.2, -0.15) is 0 Å². The molecule has 0 saturated carbocycles. The Kier molecular flexibility index (Phi) is 13.1. The number of hydrogen-bond donors (Lipinski definition) is 0. The second-order valence-corrected chi connectivity index (χ2v) is 17.3. The van der Waals surface area contributed by atoms with Gasteiger partial charge in [0, 0.05) is 66.8 Å². The fourth-order valence-corrected chi connectivity index (χ4v) is 8.74. The Labute approximate surface area is 416 Å². The van der Waals surface area contributed by atoms with Gasteiger partial charge in [0.25, 0.3) is 0 Å². The van der Waals surface area contributed by atoms with E-state index < -0.39 is 0 Å². The van der Waals surface area contributed by atoms with Crippen LogP contribution in [0.2, 0.25) is 0 Å². The maximum atomic E-state index is 13.8. The highest BCUT2D eigenvalue weighted by Gasteiger charge is 2.18. The van der Waals surface area contributed by atoms with Crippen molar-refractivity contribution in [1.29, 1.82) is 0 Å². The minimum atomic E-state index is -0.216. The maximum Gasteiger partial charge on any atom is 0.193 e. The van der Waals surface area contributed by atoms with Crippen LogP contribution in [0.25, 0.3) is 33.4 Å². The zero-order valence-electron chi connectivity index (χ0n) is 38.7. The van der Waals surface area contributed by atoms with Gasteiger partial charge in [0.2, 0.25) is 0 Å². The highest BCUT2D eigenvalue weighted by Crippen LogP contribution is 2.34. The van der Waals surface area contributed by atoms with E-state index in [2.05, 4.69) is 18.2 Å². The topological polar surface area (TPSA) is 102 Å². The summed E-state index contributed by atoms with van der Waals surface area (Å²) in [5.74, 6) is -1.14. The zero-order valence-corrected chi connectivity index (χ0v) is 38.7. The average Bonchev–Trinajstić information content (AvgIpc) is 3.46. The first-order valence-electron chi connectivity index (χ1n) is 23.4. The van der Waals surface area contributed by atoms with Crippen LogP contribution in [0.5, 0.6) is 0 Å². The van der Waals surface area contributed by atoms with E-state index in [0.29, 0.717) is 66.8 Å². The first-order chi connectivity index (χ1) is 35.2. The van der Waals surface area contributed by atoms with Crippen molar-refractivity contribution < 1.29 is 28.8 Å². The third kappa shape index (κ3) is 9.88. The zero-order chi connectivity index (χ0) is 49.6. The summed E-state index contributed by atoms with van der Waals surface area (Å²) in [5.41, 5.74) is 10.6. The number of ketones is 6. The molecule has 6 heteroatoms. The molecule has 0 aromatic heterocycles. The number of carbonyl (C=O) groups is 6. The van der Waals surface area contributed by atoms with Crippen molar-refractivity contribution in [3.8, 4) is 33.4 Å². The summed E-state index contributed by atoms with van der Waals surface area (Å²) in [6, 6.07) is 75.4. The molecule has 10 aromatic carbocycles. The molecule has 0 amide bonds. The van der Waals surface area contributed by atoms with Gasteiger partial charge in [0.05, 0.1) is 0 Å². The molecule has 72 heavy (non-hydrogen) atoms. The van der Waals surface area contributed by atoms with Crippen LogP contribution in [0.3, 0.4) is 0 Å². The molecule has 0 unspecified atom stereocenters. The van der Waals surface area contributed by atoms with Crippen molar-refractivity contribution in [2.45, 2.75) is 0 Å². The highest BCUT2D eigenvalue weighted by molar-refractivity contribution is 6.15. The molecule has 0 aliphatic heterocycles. The molecule has 0 aliphatic carbocycles. The van der Waals surface area contributed by atoms with E-state index in [1.165, 1.54) is 0 Å². The van der Waals surface area contributed by atoms with Crippen LogP contribution in [0.15, 0.2) is 255 Å². The lowest BCUT2D eigenvalue weighted by Gasteiger charge is -2.13. The van der Waals surface area contributed by atoms with E-state index in [4.69, 9.17) is 0 Å². The molecule has 0 saturated heterocycles. The van der Waals surface area contributed by atoms with Crippen molar-refractivity contribution in [2.75, 3.05) is 0 Å². The molecule has 0 fully saturated rings. The summed E-state index contributed by atoms with van der Waals surface area (Å²) in [5, 5.41) is 0. The fourth-order valence-electron chi connectivity index (χ4n) is 8.74. The SMILES string of the molecule is O=C(c1ccccc1)c1cccc(C(=O)c2ccc(-c3cc(-c4ccc(C(=O)c5cccc(C(=O)c6ccccc6)c5)cc4)cc(-c4ccc(C(=O)c5cccc(C(=O)c6ccccc6)c5)cc4)c3)cc2)c1. The standard InChI is InChI=1S/C66H42O6/c67-61(46-13-4-1-5-14-46)52-19-10-22-55(37-52)64(70)49-31-25-43(26-32-49)58-40-59(44-27-33-50(34-28-44)65(71)56-23-11-20-53(38-56)62(68)47-15-6-2-7-16-47)42-60(41-58)45-29-35-51(36-30-45)66(72)57-24-12-21-54(39-57)63(69)48-17-8-3-9-18-48/h1-42H. The van der Waals surface area contributed by atoms with Crippen molar-refractivity contribution in [1.82, 2.24) is 0 Å². The molecule has 0 N–H and O–H groups in total. The average molecular weight is 931 g/mol. The van der Waals surface area contributed by atoms with Gasteiger partial charge < -0.3 is 0 Å². The number of benzene rings is 10. The van der Waals surface area contributed by atoms with Gasteiger partial charge in [0.15, 0.2) is 34.7 Å². The molecule has 0 atom stereocenters. The Morgan fingerprint density at radius 1 is 0.153 bits per heavy atom. The van der Waals surface area contributed by atoms with E-state index in [-0.39, 0.29) is 34.7 Å². The normalized spacial score (nSPS) is 10.8. The minimum absolute atomic E-state index is 0.164. The van der Waals surface area contributed by atoms with Gasteiger partial charge in [0.1, 0.15) is 0 Å². The predicted molar refractivity (Wildman–Crippen MR) is 282 cm³/mol. The molecule has 6 nitrogen and oxygen atoms in total. The largest absolute Gasteiger partial charge is 0.289 e. The summed E-state index contributed by atoms with van der Waals surface area (Å²) in [7, 11) is 0. The Balaban J connectivity index is 0.952. The summed E-state index contributed by atoms with van der Waals surface area (Å²) < 4.78 is 0. The Morgan fingerprint density at radius 3 is 0.542 bits per heavy atom. The molecule has 0 heterocycles. The lowest BCUT2D eigenvalue weighted by Crippen LogP contribution is -2.06. The van der Waals surface area contributed by atoms with E-state index in [1.807, 2.05) is 54.6 Å². The molecular weight excluding hydrogens is 889 g/mol. The second kappa shape index (κ2) is 20.4. The summed E-state index contributed by atoms with van der Waals surface area (Å²) in [4.78, 5) is 81.2. The lowest BCUT2D eigenvalue weighted by molar-refractivity contribution is 0.102. The second-order valence-electron chi connectivity index (χ2n) is 17.3.